The van der Waals surface area contributed by atoms with Crippen molar-refractivity contribution in [2.75, 3.05) is 13.2 Å². The normalized spacial score (nSPS) is 21.5. The van der Waals surface area contributed by atoms with E-state index >= 15 is 0 Å². The van der Waals surface area contributed by atoms with Crippen LogP contribution in [0, 0.1) is 11.6 Å². The zero-order valence-corrected chi connectivity index (χ0v) is 16.4. The molecule has 4 N–H and O–H groups in total. The van der Waals surface area contributed by atoms with Gasteiger partial charge in [0.25, 0.3) is 0 Å². The molecule has 2 atom stereocenters. The molecule has 0 saturated heterocycles. The Balaban J connectivity index is 1.98. The maximum absolute atomic E-state index is 14.8. The van der Waals surface area contributed by atoms with Crippen LogP contribution in [0.1, 0.15) is 18.9 Å². The summed E-state index contributed by atoms with van der Waals surface area (Å²) in [6.07, 6.45) is -1.98. The predicted molar refractivity (Wildman–Crippen MR) is 101 cm³/mol. The van der Waals surface area contributed by atoms with Gasteiger partial charge in [0.15, 0.2) is 5.00 Å². The number of nitrogens with zero attached hydrogens (tertiary/aromatic N) is 3. The molecule has 2 aliphatic rings. The quantitative estimate of drug-likeness (QED) is 0.256. The second-order valence-electron chi connectivity index (χ2n) is 6.50. The Kier molecular flexibility index (Phi) is 6.09. The van der Waals surface area contributed by atoms with Crippen molar-refractivity contribution >= 4 is 23.9 Å². The van der Waals surface area contributed by atoms with Crippen molar-refractivity contribution in [3.05, 3.63) is 41.2 Å². The number of ether oxygens (including phenoxy) is 1. The molecule has 2 aliphatic heterocycles. The minimum Gasteiger partial charge on any atom is -0.493 e. The van der Waals surface area contributed by atoms with Crippen LogP contribution in [0.3, 0.4) is 0 Å². The van der Waals surface area contributed by atoms with Crippen LogP contribution in [0.15, 0.2) is 34.0 Å². The molecular weight excluding hydrogens is 435 g/mol. The lowest BCUT2D eigenvalue weighted by molar-refractivity contribution is -0.150. The number of hydrazine groups is 1. The molecule has 0 aliphatic carbocycles. The first-order valence-electron chi connectivity index (χ1n) is 8.81. The van der Waals surface area contributed by atoms with Gasteiger partial charge in [-0.05, 0) is 19.9 Å². The summed E-state index contributed by atoms with van der Waals surface area (Å²) in [6.45, 7) is 1.38. The summed E-state index contributed by atoms with van der Waals surface area (Å²) in [5.74, 6) is -2.65. The van der Waals surface area contributed by atoms with Gasteiger partial charge in [-0.25, -0.2) is 23.8 Å². The van der Waals surface area contributed by atoms with Crippen LogP contribution in [0.2, 0.25) is 0 Å². The minimum atomic E-state index is -4.58. The fraction of sp³-hybridized carbons (Fsp3) is 0.412. The molecule has 0 saturated carbocycles. The lowest BCUT2D eigenvalue weighted by Gasteiger charge is -2.33. The topological polar surface area (TPSA) is 87.3 Å². The molecule has 2 heterocycles. The lowest BCUT2D eigenvalue weighted by Crippen LogP contribution is -2.50. The second kappa shape index (κ2) is 8.26. The average molecular weight is 453 g/mol. The molecule has 164 valence electrons. The Morgan fingerprint density at radius 1 is 1.33 bits per heavy atom. The highest BCUT2D eigenvalue weighted by atomic mass is 35.5. The molecule has 13 heteroatoms. The molecular formula is C17H18ClF5N6O. The van der Waals surface area contributed by atoms with Crippen LogP contribution in [-0.4, -0.2) is 42.7 Å². The maximum atomic E-state index is 14.8. The van der Waals surface area contributed by atoms with E-state index in [-0.39, 0.29) is 24.1 Å². The van der Waals surface area contributed by atoms with Crippen LogP contribution in [-0.2, 0) is 5.00 Å². The monoisotopic (exact) mass is 452 g/mol. The standard InChI is InChI=1S/C17H18ClF5N6O/c1-9(17(21,22)23)27-13-7-16(18,28-15-25-8-26-29(13)15)14-11(19)5-10(6-12(14)20)30-4-2-3-24/h5-9,27H,2-4,24H2,1H3,(H,25,26,28)/t9-,16?/m0/s1. The zero-order chi connectivity index (χ0) is 22.1. The summed E-state index contributed by atoms with van der Waals surface area (Å²) in [7, 11) is 0. The fourth-order valence-electron chi connectivity index (χ4n) is 2.72. The molecule has 0 spiro atoms. The van der Waals surface area contributed by atoms with Gasteiger partial charge in [-0.15, -0.1) is 0 Å². The van der Waals surface area contributed by atoms with Crippen molar-refractivity contribution in [1.82, 2.24) is 15.8 Å². The van der Waals surface area contributed by atoms with E-state index in [0.717, 1.165) is 36.5 Å². The van der Waals surface area contributed by atoms with E-state index in [1.54, 1.807) is 0 Å². The Bertz CT molecular complexity index is 882. The number of rotatable bonds is 7. The fourth-order valence-corrected chi connectivity index (χ4v) is 3.08. The van der Waals surface area contributed by atoms with Crippen molar-refractivity contribution in [2.45, 2.75) is 30.6 Å². The molecule has 0 fully saturated rings. The third kappa shape index (κ3) is 4.43. The first-order valence-corrected chi connectivity index (χ1v) is 9.19. The number of hydrogen-bond donors (Lipinski definition) is 3. The summed E-state index contributed by atoms with van der Waals surface area (Å²) in [5, 5.41) is 3.29. The smallest absolute Gasteiger partial charge is 0.408 e. The number of nitrogens with one attached hydrogen (secondary N) is 2. The van der Waals surface area contributed by atoms with Gasteiger partial charge >= 0.3 is 6.18 Å². The number of hydrogen-bond acceptors (Lipinski definition) is 7. The highest BCUT2D eigenvalue weighted by Crippen LogP contribution is 2.41. The number of benzene rings is 1. The molecule has 3 rings (SSSR count). The zero-order valence-electron chi connectivity index (χ0n) is 15.6. The SMILES string of the molecule is C[C@H](NC1=CC(Cl)(c2c(F)cc(OCCCN)cc2F)N=C2N=CNN12)C(F)(F)F. The maximum Gasteiger partial charge on any atom is 0.408 e. The molecule has 1 unspecified atom stereocenters. The van der Waals surface area contributed by atoms with Gasteiger partial charge < -0.3 is 15.8 Å². The van der Waals surface area contributed by atoms with Crippen LogP contribution in [0.4, 0.5) is 22.0 Å². The van der Waals surface area contributed by atoms with E-state index in [1.165, 1.54) is 0 Å². The van der Waals surface area contributed by atoms with Crippen molar-refractivity contribution in [1.29, 1.82) is 0 Å². The number of halogens is 6. The second-order valence-corrected chi connectivity index (χ2v) is 7.07. The van der Waals surface area contributed by atoms with Crippen molar-refractivity contribution in [3.63, 3.8) is 0 Å². The van der Waals surface area contributed by atoms with E-state index in [1.807, 2.05) is 0 Å². The van der Waals surface area contributed by atoms with E-state index in [4.69, 9.17) is 22.1 Å². The van der Waals surface area contributed by atoms with Gasteiger partial charge in [-0.3, -0.25) is 5.43 Å². The first-order chi connectivity index (χ1) is 14.0. The van der Waals surface area contributed by atoms with Gasteiger partial charge in [0.1, 0.15) is 35.6 Å². The summed E-state index contributed by atoms with van der Waals surface area (Å²) >= 11 is 6.40. The molecule has 1 aromatic rings. The summed E-state index contributed by atoms with van der Waals surface area (Å²) in [4.78, 5) is 5.65. The highest BCUT2D eigenvalue weighted by Gasteiger charge is 2.43. The van der Waals surface area contributed by atoms with Crippen LogP contribution in [0.5, 0.6) is 5.75 Å². The third-order valence-corrected chi connectivity index (χ3v) is 4.62. The van der Waals surface area contributed by atoms with Gasteiger partial charge in [0.2, 0.25) is 5.96 Å². The summed E-state index contributed by atoms with van der Waals surface area (Å²) < 4.78 is 73.8. The summed E-state index contributed by atoms with van der Waals surface area (Å²) in [5.41, 5.74) is 7.23. The Hall–Kier alpha value is -2.60. The van der Waals surface area contributed by atoms with E-state index in [9.17, 15) is 22.0 Å². The van der Waals surface area contributed by atoms with Gasteiger partial charge in [0.05, 0.1) is 12.2 Å². The van der Waals surface area contributed by atoms with Crippen LogP contribution >= 0.6 is 11.6 Å². The number of aliphatic imine (C=N–C) groups is 2. The van der Waals surface area contributed by atoms with E-state index < -0.39 is 34.4 Å². The molecule has 0 amide bonds. The number of guanidine groups is 1. The molecule has 0 radical (unpaired) electrons. The van der Waals surface area contributed by atoms with E-state index in [0.29, 0.717) is 13.0 Å². The van der Waals surface area contributed by atoms with Gasteiger partial charge in [-0.2, -0.15) is 13.2 Å². The third-order valence-electron chi connectivity index (χ3n) is 4.24. The number of fused-ring (bicyclic) bond motifs is 1. The van der Waals surface area contributed by atoms with E-state index in [2.05, 4.69) is 20.7 Å². The van der Waals surface area contributed by atoms with Crippen LogP contribution in [0.25, 0.3) is 0 Å². The van der Waals surface area contributed by atoms with Crippen LogP contribution < -0.4 is 21.2 Å². The Morgan fingerprint density at radius 2 is 2.00 bits per heavy atom. The van der Waals surface area contributed by atoms with Crippen molar-refractivity contribution in [3.8, 4) is 5.75 Å². The number of nitrogens with two attached hydrogens (primary N) is 1. The Morgan fingerprint density at radius 3 is 2.60 bits per heavy atom. The largest absolute Gasteiger partial charge is 0.493 e. The predicted octanol–water partition coefficient (Wildman–Crippen LogP) is 2.68. The molecule has 30 heavy (non-hydrogen) atoms. The molecule has 7 nitrogen and oxygen atoms in total. The van der Waals surface area contributed by atoms with Gasteiger partial charge in [0, 0.05) is 18.2 Å². The minimum absolute atomic E-state index is 0.0823. The Labute approximate surface area is 173 Å². The lowest BCUT2D eigenvalue weighted by atomic mass is 10.0. The highest BCUT2D eigenvalue weighted by molar-refractivity contribution is 6.26. The molecule has 0 aromatic heterocycles. The molecule has 0 bridgehead atoms. The average Bonchev–Trinajstić information content (AvgIpc) is 3.08. The number of alkyl halides is 4. The van der Waals surface area contributed by atoms with Crippen molar-refractivity contribution < 1.29 is 26.7 Å². The van der Waals surface area contributed by atoms with Crippen molar-refractivity contribution in [2.24, 2.45) is 15.7 Å². The first kappa shape index (κ1) is 22.1. The van der Waals surface area contributed by atoms with Gasteiger partial charge in [-0.1, -0.05) is 11.6 Å². The summed E-state index contributed by atoms with van der Waals surface area (Å²) in [6, 6.07) is -0.151. The molecule has 1 aromatic carbocycles.